The molecule has 8 heteroatoms. The van der Waals surface area contributed by atoms with Crippen LogP contribution in [0.5, 0.6) is 11.5 Å². The molecule has 0 fully saturated rings. The molecule has 3 aromatic carbocycles. The normalized spacial score (nSPS) is 14.2. The third-order valence-electron chi connectivity index (χ3n) is 7.29. The Labute approximate surface area is 212 Å². The molecular weight excluding hydrogens is 468 g/mol. The van der Waals surface area contributed by atoms with Crippen molar-refractivity contribution in [2.45, 2.75) is 13.0 Å². The zero-order chi connectivity index (χ0) is 26.0. The van der Waals surface area contributed by atoms with E-state index in [1.807, 2.05) is 67.6 Å². The number of rotatable bonds is 3. The van der Waals surface area contributed by atoms with Crippen LogP contribution in [0.15, 0.2) is 76.3 Å². The molecular formula is C29H26N4O4. The molecule has 0 saturated carbocycles. The Morgan fingerprint density at radius 1 is 0.919 bits per heavy atom. The summed E-state index contributed by atoms with van der Waals surface area (Å²) in [7, 11) is 4.68. The monoisotopic (exact) mass is 494 g/mol. The van der Waals surface area contributed by atoms with E-state index in [1.54, 1.807) is 13.1 Å². The summed E-state index contributed by atoms with van der Waals surface area (Å²) < 4.78 is 10.1. The largest absolute Gasteiger partial charge is 0.504 e. The fraction of sp³-hybridized carbons (Fsp3) is 0.172. The second-order valence-corrected chi connectivity index (χ2v) is 9.31. The lowest BCUT2D eigenvalue weighted by Gasteiger charge is -2.31. The number of benzene rings is 3. The first kappa shape index (κ1) is 22.7. The Kier molecular flexibility index (Phi) is 5.01. The second-order valence-electron chi connectivity index (χ2n) is 9.31. The predicted octanol–water partition coefficient (Wildman–Crippen LogP) is 4.23. The quantitative estimate of drug-likeness (QED) is 0.392. The van der Waals surface area contributed by atoms with Gasteiger partial charge in [-0.3, -0.25) is 13.9 Å². The fourth-order valence-electron chi connectivity index (χ4n) is 5.48. The molecule has 2 aromatic heterocycles. The third kappa shape index (κ3) is 3.08. The maximum absolute atomic E-state index is 13.8. The highest BCUT2D eigenvalue weighted by Crippen LogP contribution is 2.48. The van der Waals surface area contributed by atoms with Crippen LogP contribution in [0.4, 0.5) is 5.69 Å². The zero-order valence-electron chi connectivity index (χ0n) is 20.9. The summed E-state index contributed by atoms with van der Waals surface area (Å²) in [4.78, 5) is 27.0. The van der Waals surface area contributed by atoms with Crippen molar-refractivity contribution in [2.75, 3.05) is 12.4 Å². The van der Waals surface area contributed by atoms with Gasteiger partial charge >= 0.3 is 5.69 Å². The number of nitrogens with zero attached hydrogens (tertiary/aromatic N) is 3. The van der Waals surface area contributed by atoms with Gasteiger partial charge in [0, 0.05) is 25.2 Å². The molecule has 3 heterocycles. The average molecular weight is 495 g/mol. The van der Waals surface area contributed by atoms with Crippen molar-refractivity contribution >= 4 is 16.6 Å². The van der Waals surface area contributed by atoms with E-state index in [-0.39, 0.29) is 11.3 Å². The molecule has 0 bridgehead atoms. The Balaban J connectivity index is 1.88. The van der Waals surface area contributed by atoms with Crippen LogP contribution >= 0.6 is 0 Å². The molecule has 0 saturated heterocycles. The number of fused-ring (bicyclic) bond motifs is 5. The highest BCUT2D eigenvalue weighted by Gasteiger charge is 2.36. The molecule has 2 N–H and O–H groups in total. The smallest absolute Gasteiger partial charge is 0.331 e. The maximum atomic E-state index is 13.8. The van der Waals surface area contributed by atoms with E-state index in [9.17, 15) is 14.7 Å². The minimum atomic E-state index is -0.581. The van der Waals surface area contributed by atoms with Gasteiger partial charge in [-0.05, 0) is 30.7 Å². The topological polar surface area (TPSA) is 90.4 Å². The fourth-order valence-corrected chi connectivity index (χ4v) is 5.48. The zero-order valence-corrected chi connectivity index (χ0v) is 20.9. The van der Waals surface area contributed by atoms with E-state index < -0.39 is 11.7 Å². The number of aromatic nitrogens is 3. The lowest BCUT2D eigenvalue weighted by atomic mass is 9.98. The number of hydrogen-bond donors (Lipinski definition) is 2. The van der Waals surface area contributed by atoms with Crippen LogP contribution in [0.2, 0.25) is 0 Å². The van der Waals surface area contributed by atoms with Crippen molar-refractivity contribution in [1.29, 1.82) is 0 Å². The van der Waals surface area contributed by atoms with E-state index in [2.05, 4.69) is 9.88 Å². The van der Waals surface area contributed by atoms with E-state index in [1.165, 1.54) is 18.7 Å². The number of hydrogen-bond acceptors (Lipinski definition) is 5. The molecule has 37 heavy (non-hydrogen) atoms. The third-order valence-corrected chi connectivity index (χ3v) is 7.29. The first-order valence-corrected chi connectivity index (χ1v) is 12.0. The number of aryl methyl sites for hydroxylation is 2. The van der Waals surface area contributed by atoms with Crippen LogP contribution in [0.25, 0.3) is 27.8 Å². The number of nitrogens with one attached hydrogen (secondary N) is 1. The van der Waals surface area contributed by atoms with Crippen LogP contribution < -0.4 is 21.3 Å². The second kappa shape index (κ2) is 8.16. The summed E-state index contributed by atoms with van der Waals surface area (Å²) in [6, 6.07) is 20.5. The van der Waals surface area contributed by atoms with Crippen molar-refractivity contribution in [3.8, 4) is 28.4 Å². The number of para-hydroxylation sites is 3. The Morgan fingerprint density at radius 3 is 2.41 bits per heavy atom. The molecule has 6 rings (SSSR count). The molecule has 1 aliphatic heterocycles. The van der Waals surface area contributed by atoms with Crippen LogP contribution in [0.1, 0.15) is 22.9 Å². The van der Waals surface area contributed by atoms with Crippen molar-refractivity contribution in [3.05, 3.63) is 104 Å². The highest BCUT2D eigenvalue weighted by atomic mass is 16.5. The number of methoxy groups -OCH3 is 1. The van der Waals surface area contributed by atoms with Gasteiger partial charge in [0.2, 0.25) is 0 Å². The van der Waals surface area contributed by atoms with Gasteiger partial charge in [-0.1, -0.05) is 48.5 Å². The lowest BCUT2D eigenvalue weighted by molar-refractivity contribution is 0.370. The number of ether oxygens (including phenoxy) is 1. The number of anilines is 1. The average Bonchev–Trinajstić information content (AvgIpc) is 3.27. The first-order valence-electron chi connectivity index (χ1n) is 12.0. The molecule has 0 unspecified atom stereocenters. The molecule has 1 atom stereocenters. The molecule has 186 valence electrons. The highest BCUT2D eigenvalue weighted by molar-refractivity contribution is 6.00. The van der Waals surface area contributed by atoms with E-state index in [4.69, 9.17) is 4.74 Å². The predicted molar refractivity (Wildman–Crippen MR) is 144 cm³/mol. The summed E-state index contributed by atoms with van der Waals surface area (Å²) in [5, 5.41) is 15.2. The summed E-state index contributed by atoms with van der Waals surface area (Å²) >= 11 is 0. The Hall–Kier alpha value is -4.72. The van der Waals surface area contributed by atoms with Gasteiger partial charge in [-0.25, -0.2) is 4.79 Å². The van der Waals surface area contributed by atoms with Crippen molar-refractivity contribution in [1.82, 2.24) is 13.7 Å². The van der Waals surface area contributed by atoms with Gasteiger partial charge in [0.1, 0.15) is 0 Å². The Bertz CT molecular complexity index is 1840. The SMILES string of the molecule is COc1cccc([C@H]2Nc3ccccc3-n3c(-c4ccccc4C)c4c(=O)n(C)c(=O)n(C)c4c32)c1O. The minimum Gasteiger partial charge on any atom is -0.504 e. The lowest BCUT2D eigenvalue weighted by Crippen LogP contribution is -2.37. The molecule has 5 aromatic rings. The van der Waals surface area contributed by atoms with E-state index in [0.717, 1.165) is 27.1 Å². The summed E-state index contributed by atoms with van der Waals surface area (Å²) in [5.74, 6) is 0.332. The van der Waals surface area contributed by atoms with Gasteiger partial charge in [-0.15, -0.1) is 0 Å². The number of phenols is 1. The van der Waals surface area contributed by atoms with Crippen molar-refractivity contribution in [2.24, 2.45) is 14.1 Å². The molecule has 8 nitrogen and oxygen atoms in total. The van der Waals surface area contributed by atoms with E-state index >= 15 is 0 Å². The van der Waals surface area contributed by atoms with Crippen LogP contribution in [-0.4, -0.2) is 25.9 Å². The van der Waals surface area contributed by atoms with Crippen molar-refractivity contribution < 1.29 is 9.84 Å². The molecule has 0 spiro atoms. The molecule has 0 amide bonds. The number of phenolic OH excluding ortho intramolecular Hbond substituents is 1. The summed E-state index contributed by atoms with van der Waals surface area (Å²) in [5.41, 5.74) is 5.25. The van der Waals surface area contributed by atoms with Gasteiger partial charge in [0.25, 0.3) is 5.56 Å². The van der Waals surface area contributed by atoms with Crippen LogP contribution in [0, 0.1) is 6.92 Å². The molecule has 0 radical (unpaired) electrons. The van der Waals surface area contributed by atoms with Gasteiger partial charge in [-0.2, -0.15) is 0 Å². The molecule has 1 aliphatic rings. The van der Waals surface area contributed by atoms with Gasteiger partial charge in [0.15, 0.2) is 11.5 Å². The minimum absolute atomic E-state index is 0.00550. The van der Waals surface area contributed by atoms with Crippen LogP contribution in [-0.2, 0) is 14.1 Å². The number of aromatic hydroxyl groups is 1. The summed E-state index contributed by atoms with van der Waals surface area (Å²) in [6.07, 6.45) is 0. The van der Waals surface area contributed by atoms with Crippen molar-refractivity contribution in [3.63, 3.8) is 0 Å². The maximum Gasteiger partial charge on any atom is 0.331 e. The van der Waals surface area contributed by atoms with Gasteiger partial charge in [0.05, 0.1) is 46.8 Å². The molecule has 0 aliphatic carbocycles. The summed E-state index contributed by atoms with van der Waals surface area (Å²) in [6.45, 7) is 2.01. The van der Waals surface area contributed by atoms with Gasteiger partial charge < -0.3 is 19.7 Å². The van der Waals surface area contributed by atoms with Crippen LogP contribution in [0.3, 0.4) is 0 Å². The standard InChI is InChI=1S/C29H26N4O4/c1-16-10-5-6-11-17(16)24-22-25(31(2)29(36)32(3)28(22)35)26-23(18-12-9-15-21(37-4)27(18)34)30-19-13-7-8-14-20(19)33(24)26/h5-15,23,30,34H,1-4H3/t23-/m1/s1. The first-order chi connectivity index (χ1) is 17.8. The van der Waals surface area contributed by atoms with E-state index in [0.29, 0.717) is 33.6 Å². The Morgan fingerprint density at radius 2 is 1.65 bits per heavy atom.